The van der Waals surface area contributed by atoms with Gasteiger partial charge in [-0.1, -0.05) is 19.1 Å². The molecule has 2 atom stereocenters. The molecule has 0 aliphatic carbocycles. The number of hydrogen-bond donors (Lipinski definition) is 1. The average molecular weight is 191 g/mol. The molecule has 2 nitrogen and oxygen atoms in total. The number of likely N-dealkylation sites (N-methyl/N-ethyl adjacent to an activating group) is 1. The highest BCUT2D eigenvalue weighted by atomic mass is 16.5. The van der Waals surface area contributed by atoms with Crippen molar-refractivity contribution in [2.24, 2.45) is 0 Å². The Morgan fingerprint density at radius 3 is 2.86 bits per heavy atom. The van der Waals surface area contributed by atoms with Crippen LogP contribution in [0.4, 0.5) is 0 Å². The zero-order valence-corrected chi connectivity index (χ0v) is 9.00. The molecule has 0 spiro atoms. The quantitative estimate of drug-likeness (QED) is 0.775. The fourth-order valence-corrected chi connectivity index (χ4v) is 2.09. The molecule has 0 bridgehead atoms. The van der Waals surface area contributed by atoms with Gasteiger partial charge in [-0.05, 0) is 32.0 Å². The van der Waals surface area contributed by atoms with Gasteiger partial charge < -0.3 is 10.1 Å². The summed E-state index contributed by atoms with van der Waals surface area (Å²) in [4.78, 5) is 0. The molecule has 0 saturated heterocycles. The number of fused-ring (bicyclic) bond motifs is 1. The molecule has 0 aromatic heterocycles. The molecule has 0 amide bonds. The summed E-state index contributed by atoms with van der Waals surface area (Å²) in [5.74, 6) is 1.05. The topological polar surface area (TPSA) is 21.3 Å². The van der Waals surface area contributed by atoms with Crippen LogP contribution in [-0.4, -0.2) is 13.2 Å². The maximum Gasteiger partial charge on any atom is 0.125 e. The molecule has 1 aliphatic rings. The largest absolute Gasteiger partial charge is 0.488 e. The van der Waals surface area contributed by atoms with Crippen LogP contribution in [0.2, 0.25) is 0 Å². The van der Waals surface area contributed by atoms with Gasteiger partial charge in [0.25, 0.3) is 0 Å². The van der Waals surface area contributed by atoms with E-state index in [0.717, 1.165) is 12.2 Å². The lowest BCUT2D eigenvalue weighted by atomic mass is 10.0. The Labute approximate surface area is 85.3 Å². The van der Waals surface area contributed by atoms with E-state index in [1.165, 1.54) is 11.1 Å². The molecule has 76 valence electrons. The predicted molar refractivity (Wildman–Crippen MR) is 57.7 cm³/mol. The minimum absolute atomic E-state index is 0.289. The first-order chi connectivity index (χ1) is 6.76. The van der Waals surface area contributed by atoms with E-state index < -0.39 is 0 Å². The Morgan fingerprint density at radius 2 is 2.21 bits per heavy atom. The van der Waals surface area contributed by atoms with Gasteiger partial charge in [0.2, 0.25) is 0 Å². The highest BCUT2D eigenvalue weighted by Crippen LogP contribution is 2.37. The van der Waals surface area contributed by atoms with E-state index in [0.29, 0.717) is 6.04 Å². The molecule has 1 aromatic carbocycles. The molecular formula is C12H17NO. The van der Waals surface area contributed by atoms with Gasteiger partial charge in [-0.15, -0.1) is 0 Å². The summed E-state index contributed by atoms with van der Waals surface area (Å²) in [6.07, 6.45) is 1.33. The van der Waals surface area contributed by atoms with Crippen molar-refractivity contribution in [3.63, 3.8) is 0 Å². The predicted octanol–water partition coefficient (Wildman–Crippen LogP) is 2.43. The highest BCUT2D eigenvalue weighted by Gasteiger charge is 2.31. The monoisotopic (exact) mass is 191 g/mol. The molecule has 1 aliphatic heterocycles. The Bertz CT molecular complexity index is 335. The van der Waals surface area contributed by atoms with E-state index in [9.17, 15) is 0 Å². The lowest BCUT2D eigenvalue weighted by molar-refractivity contribution is 0.189. The van der Waals surface area contributed by atoms with Crippen LogP contribution in [0.1, 0.15) is 30.5 Å². The van der Waals surface area contributed by atoms with Crippen LogP contribution in [0.5, 0.6) is 5.75 Å². The van der Waals surface area contributed by atoms with E-state index in [2.05, 4.69) is 37.4 Å². The number of rotatable bonds is 2. The second kappa shape index (κ2) is 3.62. The molecule has 0 fully saturated rings. The Morgan fingerprint density at radius 1 is 1.43 bits per heavy atom. The number of ether oxygens (including phenoxy) is 1. The van der Waals surface area contributed by atoms with Crippen LogP contribution >= 0.6 is 0 Å². The third kappa shape index (κ3) is 1.40. The van der Waals surface area contributed by atoms with E-state index in [1.54, 1.807) is 0 Å². The minimum Gasteiger partial charge on any atom is -0.488 e. The number of benzene rings is 1. The SMILES string of the molecule is CCC1Oc2cc(C)ccc2C1NC. The highest BCUT2D eigenvalue weighted by molar-refractivity contribution is 5.43. The number of aryl methyl sites for hydroxylation is 1. The Kier molecular flexibility index (Phi) is 2.46. The molecule has 2 rings (SSSR count). The molecule has 14 heavy (non-hydrogen) atoms. The molecule has 2 heteroatoms. The van der Waals surface area contributed by atoms with Gasteiger partial charge in [-0.2, -0.15) is 0 Å². The van der Waals surface area contributed by atoms with Gasteiger partial charge >= 0.3 is 0 Å². The van der Waals surface area contributed by atoms with Crippen LogP contribution < -0.4 is 10.1 Å². The third-order valence-corrected chi connectivity index (χ3v) is 2.87. The lowest BCUT2D eigenvalue weighted by Gasteiger charge is -2.16. The van der Waals surface area contributed by atoms with Gasteiger partial charge in [-0.3, -0.25) is 0 Å². The molecular weight excluding hydrogens is 174 g/mol. The Hall–Kier alpha value is -1.02. The van der Waals surface area contributed by atoms with Crippen LogP contribution in [0.25, 0.3) is 0 Å². The zero-order valence-electron chi connectivity index (χ0n) is 9.00. The van der Waals surface area contributed by atoms with Gasteiger partial charge in [-0.25, -0.2) is 0 Å². The standard InChI is InChI=1S/C12H17NO/c1-4-10-12(13-3)9-6-5-8(2)7-11(9)14-10/h5-7,10,12-13H,4H2,1-3H3. The van der Waals surface area contributed by atoms with Crippen LogP contribution in [-0.2, 0) is 0 Å². The normalized spacial score (nSPS) is 24.5. The van der Waals surface area contributed by atoms with Gasteiger partial charge in [0, 0.05) is 5.56 Å². The van der Waals surface area contributed by atoms with Crippen molar-refractivity contribution in [3.05, 3.63) is 29.3 Å². The van der Waals surface area contributed by atoms with Gasteiger partial charge in [0.15, 0.2) is 0 Å². The second-order valence-corrected chi connectivity index (χ2v) is 3.87. The van der Waals surface area contributed by atoms with E-state index in [-0.39, 0.29) is 6.10 Å². The lowest BCUT2D eigenvalue weighted by Crippen LogP contribution is -2.27. The maximum absolute atomic E-state index is 5.88. The number of nitrogens with one attached hydrogen (secondary N) is 1. The summed E-state index contributed by atoms with van der Waals surface area (Å²) >= 11 is 0. The maximum atomic E-state index is 5.88. The minimum atomic E-state index is 0.289. The van der Waals surface area contributed by atoms with Crippen molar-refractivity contribution in [2.75, 3.05) is 7.05 Å². The van der Waals surface area contributed by atoms with Gasteiger partial charge in [0.05, 0.1) is 6.04 Å². The Balaban J connectivity index is 2.37. The van der Waals surface area contributed by atoms with E-state index >= 15 is 0 Å². The van der Waals surface area contributed by atoms with Crippen LogP contribution in [0.15, 0.2) is 18.2 Å². The first-order valence-corrected chi connectivity index (χ1v) is 5.20. The second-order valence-electron chi connectivity index (χ2n) is 3.87. The summed E-state index contributed by atoms with van der Waals surface area (Å²) in [5, 5.41) is 3.32. The smallest absolute Gasteiger partial charge is 0.125 e. The molecule has 1 heterocycles. The molecule has 2 unspecified atom stereocenters. The van der Waals surface area contributed by atoms with Crippen molar-refractivity contribution >= 4 is 0 Å². The summed E-state index contributed by atoms with van der Waals surface area (Å²) in [5.41, 5.74) is 2.56. The average Bonchev–Trinajstić information content (AvgIpc) is 2.54. The fraction of sp³-hybridized carbons (Fsp3) is 0.500. The first-order valence-electron chi connectivity index (χ1n) is 5.20. The summed E-state index contributed by atoms with van der Waals surface area (Å²) in [6.45, 7) is 4.25. The zero-order chi connectivity index (χ0) is 10.1. The van der Waals surface area contributed by atoms with Crippen LogP contribution in [0, 0.1) is 6.92 Å². The van der Waals surface area contributed by atoms with Crippen molar-refractivity contribution in [2.45, 2.75) is 32.4 Å². The van der Waals surface area contributed by atoms with Crippen molar-refractivity contribution in [1.82, 2.24) is 5.32 Å². The summed E-state index contributed by atoms with van der Waals surface area (Å²) in [7, 11) is 1.99. The fourth-order valence-electron chi connectivity index (χ4n) is 2.09. The van der Waals surface area contributed by atoms with Crippen molar-refractivity contribution in [3.8, 4) is 5.75 Å². The number of hydrogen-bond acceptors (Lipinski definition) is 2. The summed E-state index contributed by atoms with van der Waals surface area (Å²) in [6, 6.07) is 6.79. The molecule has 1 aromatic rings. The molecule has 0 radical (unpaired) electrons. The first kappa shape index (κ1) is 9.53. The van der Waals surface area contributed by atoms with E-state index in [1.807, 2.05) is 7.05 Å². The van der Waals surface area contributed by atoms with Gasteiger partial charge in [0.1, 0.15) is 11.9 Å². The molecule has 1 N–H and O–H groups in total. The van der Waals surface area contributed by atoms with Crippen LogP contribution in [0.3, 0.4) is 0 Å². The van der Waals surface area contributed by atoms with Crippen molar-refractivity contribution in [1.29, 1.82) is 0 Å². The van der Waals surface area contributed by atoms with E-state index in [4.69, 9.17) is 4.74 Å². The third-order valence-electron chi connectivity index (χ3n) is 2.87. The summed E-state index contributed by atoms with van der Waals surface area (Å²) < 4.78 is 5.88. The van der Waals surface area contributed by atoms with Crippen molar-refractivity contribution < 1.29 is 4.74 Å². The molecule has 0 saturated carbocycles.